The van der Waals surface area contributed by atoms with E-state index in [4.69, 9.17) is 10.5 Å². The van der Waals surface area contributed by atoms with Crippen LogP contribution in [0.25, 0.3) is 11.0 Å². The van der Waals surface area contributed by atoms with Gasteiger partial charge in [0.05, 0.1) is 17.6 Å². The first-order valence-corrected chi connectivity index (χ1v) is 5.49. The second-order valence-electron chi connectivity index (χ2n) is 3.85. The van der Waals surface area contributed by atoms with E-state index in [2.05, 4.69) is 4.98 Å². The van der Waals surface area contributed by atoms with Gasteiger partial charge in [0.15, 0.2) is 0 Å². The average molecular weight is 233 g/mol. The quantitative estimate of drug-likeness (QED) is 0.815. The Balaban J connectivity index is 2.39. The third kappa shape index (κ3) is 2.22. The Morgan fingerprint density at radius 3 is 3.00 bits per heavy atom. The number of benzene rings is 1. The van der Waals surface area contributed by atoms with Gasteiger partial charge in [-0.25, -0.2) is 4.98 Å². The predicted molar refractivity (Wildman–Crippen MR) is 65.5 cm³/mol. The van der Waals surface area contributed by atoms with Crippen molar-refractivity contribution in [2.45, 2.75) is 20.4 Å². The standard InChI is InChI=1S/C12H15N3O2/c1-3-17-11(16)7-15-10-5-4-8(2)6-9(10)14-12(15)13/h4-6H,3,7H2,1-2H3,(H2,13,14). The first kappa shape index (κ1) is 11.4. The molecule has 2 N–H and O–H groups in total. The number of hydrogen-bond acceptors (Lipinski definition) is 4. The SMILES string of the molecule is CCOC(=O)Cn1c(N)nc2cc(C)ccc21. The zero-order valence-electron chi connectivity index (χ0n) is 9.93. The van der Waals surface area contributed by atoms with Gasteiger partial charge in [0.1, 0.15) is 6.54 Å². The molecule has 0 aliphatic carbocycles. The molecule has 0 radical (unpaired) electrons. The number of carbonyl (C=O) groups is 1. The van der Waals surface area contributed by atoms with E-state index in [1.807, 2.05) is 25.1 Å². The van der Waals surface area contributed by atoms with E-state index in [-0.39, 0.29) is 12.5 Å². The summed E-state index contributed by atoms with van der Waals surface area (Å²) in [7, 11) is 0. The van der Waals surface area contributed by atoms with E-state index in [0.29, 0.717) is 12.6 Å². The molecule has 5 heteroatoms. The van der Waals surface area contributed by atoms with Gasteiger partial charge >= 0.3 is 5.97 Å². The Morgan fingerprint density at radius 1 is 1.53 bits per heavy atom. The molecule has 0 unspecified atom stereocenters. The minimum Gasteiger partial charge on any atom is -0.465 e. The Bertz CT molecular complexity index is 560. The summed E-state index contributed by atoms with van der Waals surface area (Å²) in [5.41, 5.74) is 8.55. The molecular formula is C12H15N3O2. The van der Waals surface area contributed by atoms with Crippen molar-refractivity contribution in [1.82, 2.24) is 9.55 Å². The molecule has 2 rings (SSSR count). The highest BCUT2D eigenvalue weighted by Crippen LogP contribution is 2.19. The van der Waals surface area contributed by atoms with E-state index in [9.17, 15) is 4.79 Å². The van der Waals surface area contributed by atoms with Crippen LogP contribution in [0.5, 0.6) is 0 Å². The zero-order valence-corrected chi connectivity index (χ0v) is 9.93. The van der Waals surface area contributed by atoms with Crippen molar-refractivity contribution in [2.24, 2.45) is 0 Å². The summed E-state index contributed by atoms with van der Waals surface area (Å²) in [6.07, 6.45) is 0. The molecule has 1 aromatic heterocycles. The number of nitrogens with zero attached hydrogens (tertiary/aromatic N) is 2. The number of nitrogen functional groups attached to an aromatic ring is 1. The predicted octanol–water partition coefficient (Wildman–Crippen LogP) is 1.49. The minimum atomic E-state index is -0.306. The number of aromatic nitrogens is 2. The lowest BCUT2D eigenvalue weighted by Gasteiger charge is -2.05. The first-order valence-electron chi connectivity index (χ1n) is 5.49. The maximum atomic E-state index is 11.4. The van der Waals surface area contributed by atoms with Crippen molar-refractivity contribution in [3.8, 4) is 0 Å². The van der Waals surface area contributed by atoms with Crippen LogP contribution in [-0.2, 0) is 16.1 Å². The fourth-order valence-corrected chi connectivity index (χ4v) is 1.76. The summed E-state index contributed by atoms with van der Waals surface area (Å²) in [5, 5.41) is 0. The summed E-state index contributed by atoms with van der Waals surface area (Å²) in [5.74, 6) is 0.0257. The number of carbonyl (C=O) groups excluding carboxylic acids is 1. The van der Waals surface area contributed by atoms with Crippen LogP contribution in [0.3, 0.4) is 0 Å². The van der Waals surface area contributed by atoms with Crippen LogP contribution in [-0.4, -0.2) is 22.1 Å². The van der Waals surface area contributed by atoms with Crippen molar-refractivity contribution in [3.05, 3.63) is 23.8 Å². The molecule has 1 aromatic carbocycles. The molecule has 1 heterocycles. The van der Waals surface area contributed by atoms with Crippen molar-refractivity contribution in [1.29, 1.82) is 0 Å². The number of ether oxygens (including phenoxy) is 1. The van der Waals surface area contributed by atoms with Gasteiger partial charge in [0.2, 0.25) is 5.95 Å². The normalized spacial score (nSPS) is 10.7. The van der Waals surface area contributed by atoms with E-state index in [0.717, 1.165) is 16.6 Å². The highest BCUT2D eigenvalue weighted by atomic mass is 16.5. The molecule has 0 spiro atoms. The maximum Gasteiger partial charge on any atom is 0.326 e. The molecule has 5 nitrogen and oxygen atoms in total. The van der Waals surface area contributed by atoms with E-state index in [1.165, 1.54) is 0 Å². The monoisotopic (exact) mass is 233 g/mol. The molecule has 0 aliphatic rings. The number of anilines is 1. The number of imidazole rings is 1. The lowest BCUT2D eigenvalue weighted by molar-refractivity contribution is -0.143. The van der Waals surface area contributed by atoms with Gasteiger partial charge in [-0.1, -0.05) is 6.07 Å². The largest absolute Gasteiger partial charge is 0.465 e. The number of rotatable bonds is 3. The van der Waals surface area contributed by atoms with Crippen LogP contribution in [0, 0.1) is 6.92 Å². The molecule has 0 fully saturated rings. The van der Waals surface area contributed by atoms with Gasteiger partial charge in [0, 0.05) is 0 Å². The summed E-state index contributed by atoms with van der Waals surface area (Å²) >= 11 is 0. The van der Waals surface area contributed by atoms with Gasteiger partial charge in [0.25, 0.3) is 0 Å². The fraction of sp³-hybridized carbons (Fsp3) is 0.333. The molecule has 0 atom stereocenters. The summed E-state index contributed by atoms with van der Waals surface area (Å²) in [6.45, 7) is 4.22. The second-order valence-corrected chi connectivity index (χ2v) is 3.85. The number of aryl methyl sites for hydroxylation is 1. The molecule has 2 aromatic rings. The van der Waals surface area contributed by atoms with Crippen LogP contribution >= 0.6 is 0 Å². The number of hydrogen-bond donors (Lipinski definition) is 1. The Kier molecular flexibility index (Phi) is 2.99. The van der Waals surface area contributed by atoms with Crippen molar-refractivity contribution in [2.75, 3.05) is 12.3 Å². The number of esters is 1. The van der Waals surface area contributed by atoms with Crippen LogP contribution in [0.1, 0.15) is 12.5 Å². The number of nitrogens with two attached hydrogens (primary N) is 1. The van der Waals surface area contributed by atoms with Crippen LogP contribution < -0.4 is 5.73 Å². The van der Waals surface area contributed by atoms with Crippen molar-refractivity contribution < 1.29 is 9.53 Å². The lowest BCUT2D eigenvalue weighted by atomic mass is 10.2. The van der Waals surface area contributed by atoms with Gasteiger partial charge < -0.3 is 10.5 Å². The Morgan fingerprint density at radius 2 is 2.29 bits per heavy atom. The lowest BCUT2D eigenvalue weighted by Crippen LogP contribution is -2.15. The Labute approximate surface area is 99.2 Å². The van der Waals surface area contributed by atoms with Gasteiger partial charge in [-0.15, -0.1) is 0 Å². The molecule has 0 saturated carbocycles. The van der Waals surface area contributed by atoms with Crippen LogP contribution in [0.2, 0.25) is 0 Å². The molecule has 0 saturated heterocycles. The molecule has 90 valence electrons. The molecular weight excluding hydrogens is 218 g/mol. The van der Waals surface area contributed by atoms with Gasteiger partial charge in [-0.3, -0.25) is 9.36 Å². The summed E-state index contributed by atoms with van der Waals surface area (Å²) < 4.78 is 6.56. The Hall–Kier alpha value is -2.04. The first-order chi connectivity index (χ1) is 8.11. The highest BCUT2D eigenvalue weighted by Gasteiger charge is 2.11. The summed E-state index contributed by atoms with van der Waals surface area (Å²) in [4.78, 5) is 15.7. The van der Waals surface area contributed by atoms with Crippen molar-refractivity contribution >= 4 is 23.0 Å². The highest BCUT2D eigenvalue weighted by molar-refractivity contribution is 5.81. The molecule has 0 amide bonds. The second kappa shape index (κ2) is 4.45. The van der Waals surface area contributed by atoms with Crippen LogP contribution in [0.15, 0.2) is 18.2 Å². The summed E-state index contributed by atoms with van der Waals surface area (Å²) in [6, 6.07) is 5.81. The van der Waals surface area contributed by atoms with E-state index >= 15 is 0 Å². The van der Waals surface area contributed by atoms with Crippen molar-refractivity contribution in [3.63, 3.8) is 0 Å². The smallest absolute Gasteiger partial charge is 0.326 e. The third-order valence-corrected chi connectivity index (χ3v) is 2.53. The molecule has 0 bridgehead atoms. The van der Waals surface area contributed by atoms with Crippen LogP contribution in [0.4, 0.5) is 5.95 Å². The minimum absolute atomic E-state index is 0.0965. The molecule has 0 aliphatic heterocycles. The van der Waals surface area contributed by atoms with Gasteiger partial charge in [-0.05, 0) is 31.5 Å². The number of fused-ring (bicyclic) bond motifs is 1. The average Bonchev–Trinajstić information content (AvgIpc) is 2.55. The topological polar surface area (TPSA) is 70.1 Å². The molecule has 17 heavy (non-hydrogen) atoms. The zero-order chi connectivity index (χ0) is 12.4. The van der Waals surface area contributed by atoms with E-state index < -0.39 is 0 Å². The fourth-order valence-electron chi connectivity index (χ4n) is 1.76. The van der Waals surface area contributed by atoms with E-state index in [1.54, 1.807) is 11.5 Å². The van der Waals surface area contributed by atoms with Gasteiger partial charge in [-0.2, -0.15) is 0 Å². The third-order valence-electron chi connectivity index (χ3n) is 2.53. The maximum absolute atomic E-state index is 11.4.